The summed E-state index contributed by atoms with van der Waals surface area (Å²) in [5, 5.41) is 11.1. The van der Waals surface area contributed by atoms with Crippen LogP contribution >= 0.6 is 0 Å². The van der Waals surface area contributed by atoms with E-state index >= 15 is 0 Å². The maximum absolute atomic E-state index is 11.4. The van der Waals surface area contributed by atoms with Gasteiger partial charge in [-0.1, -0.05) is 0 Å². The third-order valence-corrected chi connectivity index (χ3v) is 3.35. The minimum Gasteiger partial charge on any atom is -0.372 e. The molecule has 0 aliphatic carbocycles. The van der Waals surface area contributed by atoms with Crippen molar-refractivity contribution in [1.82, 2.24) is 0 Å². The number of benzene rings is 1. The molecule has 0 radical (unpaired) electrons. The number of nitrogens with zero attached hydrogens (tertiary/aromatic N) is 2. The number of hydrogen-bond acceptors (Lipinski definition) is 5. The number of carbonyl (C=O) groups is 1. The molecule has 0 saturated carbocycles. The number of anilines is 1. The Labute approximate surface area is 117 Å². The van der Waals surface area contributed by atoms with Crippen LogP contribution in [0.25, 0.3) is 0 Å². The highest BCUT2D eigenvalue weighted by Gasteiger charge is 2.28. The van der Waals surface area contributed by atoms with Crippen LogP contribution in [-0.2, 0) is 4.74 Å². The quantitative estimate of drug-likeness (QED) is 0.482. The zero-order valence-electron chi connectivity index (χ0n) is 11.9. The average molecular weight is 278 g/mol. The van der Waals surface area contributed by atoms with E-state index in [9.17, 15) is 14.9 Å². The van der Waals surface area contributed by atoms with Crippen molar-refractivity contribution >= 4 is 17.2 Å². The Hall–Kier alpha value is -1.95. The van der Waals surface area contributed by atoms with Crippen molar-refractivity contribution in [2.75, 3.05) is 24.6 Å². The normalized spacial score (nSPS) is 17.9. The molecule has 1 fully saturated rings. The predicted molar refractivity (Wildman–Crippen MR) is 75.3 cm³/mol. The Morgan fingerprint density at radius 1 is 1.45 bits per heavy atom. The van der Waals surface area contributed by atoms with Crippen LogP contribution < -0.4 is 4.90 Å². The summed E-state index contributed by atoms with van der Waals surface area (Å²) in [5.41, 5.74) is 0.468. The molecule has 1 aliphatic rings. The fourth-order valence-corrected chi connectivity index (χ4v) is 2.40. The summed E-state index contributed by atoms with van der Waals surface area (Å²) in [6, 6.07) is 4.75. The predicted octanol–water partition coefficient (Wildman–Crippen LogP) is 2.41. The maximum Gasteiger partial charge on any atom is 0.282 e. The fraction of sp³-hybridized carbons (Fsp3) is 0.500. The van der Waals surface area contributed by atoms with Crippen molar-refractivity contribution in [1.29, 1.82) is 0 Å². The van der Waals surface area contributed by atoms with Crippen LogP contribution in [0.3, 0.4) is 0 Å². The molecule has 108 valence electrons. The van der Waals surface area contributed by atoms with Crippen molar-refractivity contribution in [2.45, 2.75) is 26.4 Å². The average Bonchev–Trinajstić information content (AvgIpc) is 2.36. The first-order chi connectivity index (χ1) is 9.30. The van der Waals surface area contributed by atoms with Crippen LogP contribution in [0.2, 0.25) is 0 Å². The van der Waals surface area contributed by atoms with Crippen molar-refractivity contribution < 1.29 is 14.5 Å². The van der Waals surface area contributed by atoms with Gasteiger partial charge in [-0.05, 0) is 32.9 Å². The highest BCUT2D eigenvalue weighted by Crippen LogP contribution is 2.29. The first-order valence-electron chi connectivity index (χ1n) is 6.48. The molecule has 2 rings (SSSR count). The van der Waals surface area contributed by atoms with E-state index in [1.54, 1.807) is 6.07 Å². The van der Waals surface area contributed by atoms with Gasteiger partial charge in [-0.15, -0.1) is 0 Å². The van der Waals surface area contributed by atoms with Crippen LogP contribution in [0.4, 0.5) is 11.4 Å². The number of nitro groups is 1. The molecule has 0 atom stereocenters. The number of Topliss-reactive ketones (excluding diaryl/α,β-unsaturated/α-hetero) is 1. The first kappa shape index (κ1) is 14.5. The maximum atomic E-state index is 11.4. The summed E-state index contributed by atoms with van der Waals surface area (Å²) in [7, 11) is 0. The van der Waals surface area contributed by atoms with Crippen LogP contribution in [0.15, 0.2) is 18.2 Å². The van der Waals surface area contributed by atoms with Crippen molar-refractivity contribution in [3.05, 3.63) is 33.9 Å². The molecular weight excluding hydrogens is 260 g/mol. The van der Waals surface area contributed by atoms with Crippen molar-refractivity contribution in [3.8, 4) is 0 Å². The summed E-state index contributed by atoms with van der Waals surface area (Å²) < 4.78 is 5.63. The fourth-order valence-electron chi connectivity index (χ4n) is 2.40. The minimum atomic E-state index is -0.508. The van der Waals surface area contributed by atoms with E-state index in [-0.39, 0.29) is 22.6 Å². The lowest BCUT2D eigenvalue weighted by Gasteiger charge is -2.39. The van der Waals surface area contributed by atoms with Gasteiger partial charge in [0.1, 0.15) is 0 Å². The summed E-state index contributed by atoms with van der Waals surface area (Å²) in [4.78, 5) is 24.1. The van der Waals surface area contributed by atoms with Crippen LogP contribution in [-0.4, -0.2) is 36.0 Å². The number of ketones is 1. The molecule has 1 heterocycles. The second-order valence-electron chi connectivity index (χ2n) is 5.54. The summed E-state index contributed by atoms with van der Waals surface area (Å²) in [6.45, 7) is 7.22. The summed E-state index contributed by atoms with van der Waals surface area (Å²) in [6.07, 6.45) is 0. The van der Waals surface area contributed by atoms with E-state index in [0.717, 1.165) is 5.69 Å². The molecule has 0 N–H and O–H groups in total. The highest BCUT2D eigenvalue weighted by atomic mass is 16.6. The molecule has 6 nitrogen and oxygen atoms in total. The number of ether oxygens (including phenoxy) is 1. The van der Waals surface area contributed by atoms with Gasteiger partial charge in [0, 0.05) is 24.8 Å². The van der Waals surface area contributed by atoms with E-state index in [1.165, 1.54) is 19.1 Å². The standard InChI is InChI=1S/C14H18N2O4/c1-10(17)12-5-4-11(8-13(12)16(18)19)15-6-7-20-14(2,3)9-15/h4-5,8H,6-7,9H2,1-3H3. The van der Waals surface area contributed by atoms with Crippen LogP contribution in [0.5, 0.6) is 0 Å². The Morgan fingerprint density at radius 3 is 2.70 bits per heavy atom. The second-order valence-corrected chi connectivity index (χ2v) is 5.54. The Kier molecular flexibility index (Phi) is 3.76. The molecule has 0 spiro atoms. The number of carbonyl (C=O) groups excluding carboxylic acids is 1. The van der Waals surface area contributed by atoms with Gasteiger partial charge < -0.3 is 9.64 Å². The monoisotopic (exact) mass is 278 g/mol. The molecule has 1 aliphatic heterocycles. The van der Waals surface area contributed by atoms with Gasteiger partial charge in [-0.2, -0.15) is 0 Å². The minimum absolute atomic E-state index is 0.140. The van der Waals surface area contributed by atoms with Gasteiger partial charge in [0.15, 0.2) is 5.78 Å². The Balaban J connectivity index is 2.36. The topological polar surface area (TPSA) is 72.7 Å². The highest BCUT2D eigenvalue weighted by molar-refractivity contribution is 5.98. The molecule has 0 unspecified atom stereocenters. The summed E-state index contributed by atoms with van der Waals surface area (Å²) >= 11 is 0. The van der Waals surface area contributed by atoms with Crippen LogP contribution in [0, 0.1) is 10.1 Å². The van der Waals surface area contributed by atoms with Gasteiger partial charge in [0.25, 0.3) is 5.69 Å². The molecule has 0 bridgehead atoms. The molecule has 0 amide bonds. The number of nitro benzene ring substituents is 1. The molecule has 1 aromatic carbocycles. The number of rotatable bonds is 3. The lowest BCUT2D eigenvalue weighted by molar-refractivity contribution is -0.385. The Bertz CT molecular complexity index is 554. The lowest BCUT2D eigenvalue weighted by atomic mass is 10.0. The smallest absolute Gasteiger partial charge is 0.282 e. The molecule has 1 saturated heterocycles. The van der Waals surface area contributed by atoms with Gasteiger partial charge >= 0.3 is 0 Å². The largest absolute Gasteiger partial charge is 0.372 e. The molecule has 6 heteroatoms. The lowest BCUT2D eigenvalue weighted by Crippen LogP contribution is -2.48. The first-order valence-corrected chi connectivity index (χ1v) is 6.48. The van der Waals surface area contributed by atoms with Gasteiger partial charge in [-0.25, -0.2) is 0 Å². The Morgan fingerprint density at radius 2 is 2.15 bits per heavy atom. The van der Waals surface area contributed by atoms with E-state index in [2.05, 4.69) is 0 Å². The van der Waals surface area contributed by atoms with E-state index < -0.39 is 4.92 Å². The second kappa shape index (κ2) is 5.20. The van der Waals surface area contributed by atoms with Gasteiger partial charge in [-0.3, -0.25) is 14.9 Å². The van der Waals surface area contributed by atoms with E-state index in [0.29, 0.717) is 19.7 Å². The van der Waals surface area contributed by atoms with E-state index in [1.807, 2.05) is 18.7 Å². The third kappa shape index (κ3) is 2.96. The third-order valence-electron chi connectivity index (χ3n) is 3.35. The number of morpholine rings is 1. The molecule has 1 aromatic rings. The molecule has 0 aromatic heterocycles. The van der Waals surface area contributed by atoms with Crippen LogP contribution in [0.1, 0.15) is 31.1 Å². The zero-order valence-corrected chi connectivity index (χ0v) is 11.9. The molecular formula is C14H18N2O4. The van der Waals surface area contributed by atoms with Gasteiger partial charge in [0.05, 0.1) is 22.7 Å². The zero-order chi connectivity index (χ0) is 14.9. The summed E-state index contributed by atoms with van der Waals surface area (Å²) in [5.74, 6) is -0.300. The number of hydrogen-bond donors (Lipinski definition) is 0. The molecule has 20 heavy (non-hydrogen) atoms. The van der Waals surface area contributed by atoms with Crippen molar-refractivity contribution in [2.24, 2.45) is 0 Å². The van der Waals surface area contributed by atoms with Crippen molar-refractivity contribution in [3.63, 3.8) is 0 Å². The SMILES string of the molecule is CC(=O)c1ccc(N2CCOC(C)(C)C2)cc1[N+](=O)[O-]. The van der Waals surface area contributed by atoms with Gasteiger partial charge in [0.2, 0.25) is 0 Å². The van der Waals surface area contributed by atoms with E-state index in [4.69, 9.17) is 4.74 Å².